The molecule has 0 spiro atoms. The normalized spacial score (nSPS) is 17.9. The summed E-state index contributed by atoms with van der Waals surface area (Å²) >= 11 is 1.83. The molecule has 3 heteroatoms. The minimum Gasteiger partial charge on any atom is -0.399 e. The lowest BCUT2D eigenvalue weighted by atomic mass is 10.1. The van der Waals surface area contributed by atoms with Gasteiger partial charge in [-0.2, -0.15) is 0 Å². The molecule has 1 unspecified atom stereocenters. The van der Waals surface area contributed by atoms with Gasteiger partial charge in [-0.15, -0.1) is 11.3 Å². The van der Waals surface area contributed by atoms with E-state index in [4.69, 9.17) is 5.73 Å². The van der Waals surface area contributed by atoms with Gasteiger partial charge in [-0.25, -0.2) is 0 Å². The molecule has 2 nitrogen and oxygen atoms in total. The molecule has 0 radical (unpaired) electrons. The first-order chi connectivity index (χ1) is 8.74. The van der Waals surface area contributed by atoms with Crippen molar-refractivity contribution in [3.8, 4) is 0 Å². The summed E-state index contributed by atoms with van der Waals surface area (Å²) in [4.78, 5) is 1.44. The molecule has 1 aliphatic rings. The van der Waals surface area contributed by atoms with E-state index in [0.717, 1.165) is 18.7 Å². The minimum absolute atomic E-state index is 0.488. The molecule has 2 aromatic rings. The van der Waals surface area contributed by atoms with Gasteiger partial charge < -0.3 is 11.1 Å². The maximum atomic E-state index is 5.83. The summed E-state index contributed by atoms with van der Waals surface area (Å²) in [6.45, 7) is 3.15. The predicted octanol–water partition coefficient (Wildman–Crippen LogP) is 3.42. The molecule has 1 heterocycles. The van der Waals surface area contributed by atoms with Crippen LogP contribution in [0.5, 0.6) is 0 Å². The highest BCUT2D eigenvalue weighted by atomic mass is 32.1. The van der Waals surface area contributed by atoms with Crippen molar-refractivity contribution >= 4 is 17.0 Å². The fourth-order valence-electron chi connectivity index (χ4n) is 2.65. The maximum absolute atomic E-state index is 5.83. The van der Waals surface area contributed by atoms with Crippen LogP contribution in [-0.2, 0) is 13.0 Å². The molecule has 1 aromatic heterocycles. The summed E-state index contributed by atoms with van der Waals surface area (Å²) < 4.78 is 0. The summed E-state index contributed by atoms with van der Waals surface area (Å²) in [7, 11) is 0. The standard InChI is InChI=1S/C15H18N2S/c1-10-6-7-18-15(10)9-17-14-5-2-11-8-12(16)3-4-13(11)14/h3-4,6-8,14,17H,2,5,9,16H2,1H3. The van der Waals surface area contributed by atoms with Crippen LogP contribution in [0, 0.1) is 6.92 Å². The monoisotopic (exact) mass is 258 g/mol. The molecule has 0 saturated heterocycles. The van der Waals surface area contributed by atoms with Crippen molar-refractivity contribution < 1.29 is 0 Å². The van der Waals surface area contributed by atoms with Crippen molar-refractivity contribution in [1.29, 1.82) is 0 Å². The predicted molar refractivity (Wildman–Crippen MR) is 77.8 cm³/mol. The molecule has 0 bridgehead atoms. The van der Waals surface area contributed by atoms with Crippen LogP contribution < -0.4 is 11.1 Å². The second kappa shape index (κ2) is 4.75. The fourth-order valence-corrected chi connectivity index (χ4v) is 3.51. The van der Waals surface area contributed by atoms with E-state index < -0.39 is 0 Å². The Morgan fingerprint density at radius 1 is 1.39 bits per heavy atom. The number of rotatable bonds is 3. The van der Waals surface area contributed by atoms with Crippen LogP contribution in [-0.4, -0.2) is 0 Å². The highest BCUT2D eigenvalue weighted by Gasteiger charge is 2.21. The van der Waals surface area contributed by atoms with Crippen molar-refractivity contribution in [2.24, 2.45) is 0 Å². The van der Waals surface area contributed by atoms with Crippen LogP contribution in [0.25, 0.3) is 0 Å². The Morgan fingerprint density at radius 2 is 2.28 bits per heavy atom. The number of anilines is 1. The van der Waals surface area contributed by atoms with Gasteiger partial charge in [-0.1, -0.05) is 6.07 Å². The average molecular weight is 258 g/mol. The van der Waals surface area contributed by atoms with E-state index in [0.29, 0.717) is 6.04 Å². The fraction of sp³-hybridized carbons (Fsp3) is 0.333. The molecule has 1 atom stereocenters. The van der Waals surface area contributed by atoms with Crippen LogP contribution in [0.15, 0.2) is 29.6 Å². The quantitative estimate of drug-likeness (QED) is 0.828. The van der Waals surface area contributed by atoms with Gasteiger partial charge in [0.1, 0.15) is 0 Å². The summed E-state index contributed by atoms with van der Waals surface area (Å²) in [5.41, 5.74) is 10.9. The lowest BCUT2D eigenvalue weighted by Gasteiger charge is -2.14. The molecule has 94 valence electrons. The van der Waals surface area contributed by atoms with E-state index in [9.17, 15) is 0 Å². The number of nitrogens with two attached hydrogens (primary N) is 1. The zero-order chi connectivity index (χ0) is 12.5. The number of thiophene rings is 1. The number of nitrogen functional groups attached to an aromatic ring is 1. The Kier molecular flexibility index (Phi) is 3.10. The third-order valence-corrected chi connectivity index (χ3v) is 4.74. The zero-order valence-corrected chi connectivity index (χ0v) is 11.4. The third-order valence-electron chi connectivity index (χ3n) is 3.72. The van der Waals surface area contributed by atoms with Crippen molar-refractivity contribution in [2.75, 3.05) is 5.73 Å². The van der Waals surface area contributed by atoms with Crippen LogP contribution >= 0.6 is 11.3 Å². The zero-order valence-electron chi connectivity index (χ0n) is 10.6. The molecule has 3 rings (SSSR count). The van der Waals surface area contributed by atoms with Crippen LogP contribution in [0.3, 0.4) is 0 Å². The number of aryl methyl sites for hydroxylation is 2. The number of benzene rings is 1. The van der Waals surface area contributed by atoms with Crippen molar-refractivity contribution in [2.45, 2.75) is 32.4 Å². The Morgan fingerprint density at radius 3 is 3.06 bits per heavy atom. The maximum Gasteiger partial charge on any atom is 0.0329 e. The van der Waals surface area contributed by atoms with Crippen LogP contribution in [0.1, 0.15) is 34.0 Å². The highest BCUT2D eigenvalue weighted by molar-refractivity contribution is 7.10. The first-order valence-electron chi connectivity index (χ1n) is 6.38. The van der Waals surface area contributed by atoms with Gasteiger partial charge in [-0.05, 0) is 60.0 Å². The molecule has 0 amide bonds. The van der Waals surface area contributed by atoms with Gasteiger partial charge >= 0.3 is 0 Å². The van der Waals surface area contributed by atoms with E-state index >= 15 is 0 Å². The minimum atomic E-state index is 0.488. The van der Waals surface area contributed by atoms with E-state index in [2.05, 4.69) is 35.8 Å². The second-order valence-electron chi connectivity index (χ2n) is 4.96. The molecule has 0 aliphatic heterocycles. The summed E-state index contributed by atoms with van der Waals surface area (Å²) in [6.07, 6.45) is 2.32. The van der Waals surface area contributed by atoms with Crippen LogP contribution in [0.2, 0.25) is 0 Å². The number of nitrogens with one attached hydrogen (secondary N) is 1. The lowest BCUT2D eigenvalue weighted by molar-refractivity contribution is 0.532. The molecule has 0 saturated carbocycles. The molecule has 18 heavy (non-hydrogen) atoms. The van der Waals surface area contributed by atoms with E-state index in [1.54, 1.807) is 0 Å². The van der Waals surface area contributed by atoms with E-state index in [1.807, 2.05) is 17.4 Å². The SMILES string of the molecule is Cc1ccsc1CNC1CCc2cc(N)ccc21. The molecule has 1 aliphatic carbocycles. The van der Waals surface area contributed by atoms with Crippen molar-refractivity contribution in [3.63, 3.8) is 0 Å². The molecule has 3 N–H and O–H groups in total. The number of hydrogen-bond donors (Lipinski definition) is 2. The van der Waals surface area contributed by atoms with Gasteiger partial charge in [0.25, 0.3) is 0 Å². The molecular weight excluding hydrogens is 240 g/mol. The Bertz CT molecular complexity index is 559. The first kappa shape index (κ1) is 11.8. The Hall–Kier alpha value is -1.32. The van der Waals surface area contributed by atoms with Gasteiger partial charge in [0.15, 0.2) is 0 Å². The van der Waals surface area contributed by atoms with Gasteiger partial charge in [0.05, 0.1) is 0 Å². The summed E-state index contributed by atoms with van der Waals surface area (Å²) in [6, 6.07) is 8.98. The summed E-state index contributed by atoms with van der Waals surface area (Å²) in [5, 5.41) is 5.83. The highest BCUT2D eigenvalue weighted by Crippen LogP contribution is 2.32. The van der Waals surface area contributed by atoms with Gasteiger partial charge in [0.2, 0.25) is 0 Å². The molecule has 0 fully saturated rings. The van der Waals surface area contributed by atoms with Crippen molar-refractivity contribution in [3.05, 3.63) is 51.2 Å². The van der Waals surface area contributed by atoms with E-state index in [1.165, 1.54) is 28.0 Å². The summed E-state index contributed by atoms with van der Waals surface area (Å²) in [5.74, 6) is 0. The first-order valence-corrected chi connectivity index (χ1v) is 7.26. The smallest absolute Gasteiger partial charge is 0.0329 e. The lowest BCUT2D eigenvalue weighted by Crippen LogP contribution is -2.18. The third kappa shape index (κ3) is 2.16. The molecular formula is C15H18N2S. The number of hydrogen-bond acceptors (Lipinski definition) is 3. The van der Waals surface area contributed by atoms with E-state index in [-0.39, 0.29) is 0 Å². The van der Waals surface area contributed by atoms with Gasteiger partial charge in [0, 0.05) is 23.2 Å². The largest absolute Gasteiger partial charge is 0.399 e. The van der Waals surface area contributed by atoms with Crippen molar-refractivity contribution in [1.82, 2.24) is 5.32 Å². The average Bonchev–Trinajstić information content (AvgIpc) is 2.93. The Balaban J connectivity index is 1.71. The molecule has 1 aromatic carbocycles. The van der Waals surface area contributed by atoms with Gasteiger partial charge in [-0.3, -0.25) is 0 Å². The number of fused-ring (bicyclic) bond motifs is 1. The second-order valence-corrected chi connectivity index (χ2v) is 5.96. The van der Waals surface area contributed by atoms with Crippen LogP contribution in [0.4, 0.5) is 5.69 Å². The topological polar surface area (TPSA) is 38.0 Å². The Labute approximate surface area is 112 Å².